The SMILES string of the molecule is [2H]c1c([2H])c2c([2H])c([2H])c3c([2H])c([2H])c(-c4ccc(-c5ccc(-c6ccccc6)c(-c6c([2H])c([2H])c7c([2H])c([2H])c8c([2H])c([2H])c([2H])c9c([2H])c([2H])c6c7c89)c5)cc4)c4c([2H])c([2H])c(c1[2H])c2c34. The highest BCUT2D eigenvalue weighted by Crippen LogP contribution is 2.44. The zero-order valence-corrected chi connectivity index (χ0v) is 25.9. The van der Waals surface area contributed by atoms with Crippen molar-refractivity contribution in [2.75, 3.05) is 0 Å². The van der Waals surface area contributed by atoms with Gasteiger partial charge in [-0.1, -0.05) is 175 Å². The van der Waals surface area contributed by atoms with E-state index >= 15 is 0 Å². The van der Waals surface area contributed by atoms with Crippen molar-refractivity contribution < 1.29 is 24.7 Å². The molecular formula is C50H30. The van der Waals surface area contributed by atoms with Crippen LogP contribution >= 0.6 is 0 Å². The molecule has 11 aromatic rings. The van der Waals surface area contributed by atoms with Crippen LogP contribution in [0.3, 0.4) is 0 Å². The molecule has 0 spiro atoms. The summed E-state index contributed by atoms with van der Waals surface area (Å²) >= 11 is 0. The fourth-order valence-electron chi connectivity index (χ4n) is 7.17. The van der Waals surface area contributed by atoms with Crippen LogP contribution in [0.2, 0.25) is 0 Å². The maximum Gasteiger partial charge on any atom is 0.0630 e. The van der Waals surface area contributed by atoms with Crippen molar-refractivity contribution >= 4 is 64.6 Å². The maximum atomic E-state index is 9.54. The quantitative estimate of drug-likeness (QED) is 0.167. The van der Waals surface area contributed by atoms with Crippen molar-refractivity contribution in [3.8, 4) is 44.5 Å². The maximum absolute atomic E-state index is 9.54. The smallest absolute Gasteiger partial charge is 0.0622 e. The normalized spacial score (nSPS) is 17.0. The highest BCUT2D eigenvalue weighted by molar-refractivity contribution is 6.27. The summed E-state index contributed by atoms with van der Waals surface area (Å²) in [5, 5.41) is -0.575. The minimum atomic E-state index is -0.563. The molecule has 0 bridgehead atoms. The fraction of sp³-hybridized carbons (Fsp3) is 0. The van der Waals surface area contributed by atoms with Gasteiger partial charge in [-0.2, -0.15) is 0 Å². The van der Waals surface area contributed by atoms with Crippen LogP contribution in [0.15, 0.2) is 182 Å². The van der Waals surface area contributed by atoms with E-state index in [9.17, 15) is 8.22 Å². The van der Waals surface area contributed by atoms with Crippen molar-refractivity contribution in [2.24, 2.45) is 0 Å². The van der Waals surface area contributed by atoms with Crippen molar-refractivity contribution in [3.05, 3.63) is 182 Å². The largest absolute Gasteiger partial charge is 0.0630 e. The average molecular weight is 649 g/mol. The van der Waals surface area contributed by atoms with E-state index in [2.05, 4.69) is 0 Å². The van der Waals surface area contributed by atoms with Crippen LogP contribution in [-0.2, 0) is 0 Å². The minimum Gasteiger partial charge on any atom is -0.0622 e. The van der Waals surface area contributed by atoms with Crippen LogP contribution in [-0.4, -0.2) is 0 Å². The van der Waals surface area contributed by atoms with Crippen molar-refractivity contribution in [1.29, 1.82) is 0 Å². The molecule has 0 radical (unpaired) electrons. The Labute approximate surface area is 315 Å². The molecule has 0 atom stereocenters. The van der Waals surface area contributed by atoms with Crippen LogP contribution in [0.4, 0.5) is 0 Å². The van der Waals surface area contributed by atoms with Gasteiger partial charge in [-0.05, 0) is 115 Å². The van der Waals surface area contributed by atoms with Gasteiger partial charge in [0.05, 0.1) is 24.7 Å². The summed E-state index contributed by atoms with van der Waals surface area (Å²) in [5.41, 5.74) is 3.35. The van der Waals surface area contributed by atoms with Gasteiger partial charge >= 0.3 is 0 Å². The van der Waals surface area contributed by atoms with Crippen LogP contribution in [0.1, 0.15) is 24.7 Å². The molecule has 0 unspecified atom stereocenters. The molecular weight excluding hydrogens is 601 g/mol. The zero-order chi connectivity index (χ0) is 48.4. The molecule has 0 N–H and O–H groups in total. The Bertz CT molecular complexity index is 4040. The molecule has 0 aliphatic carbocycles. The third-order valence-corrected chi connectivity index (χ3v) is 9.51. The topological polar surface area (TPSA) is 0 Å². The van der Waals surface area contributed by atoms with E-state index in [1.165, 1.54) is 0 Å². The highest BCUT2D eigenvalue weighted by Gasteiger charge is 2.17. The molecule has 0 amide bonds. The van der Waals surface area contributed by atoms with Gasteiger partial charge in [-0.3, -0.25) is 0 Å². The summed E-state index contributed by atoms with van der Waals surface area (Å²) in [4.78, 5) is 0. The Kier molecular flexibility index (Phi) is 3.23. The Morgan fingerprint density at radius 1 is 0.280 bits per heavy atom. The second kappa shape index (κ2) is 10.5. The summed E-state index contributed by atoms with van der Waals surface area (Å²) < 4.78 is 162. The molecule has 0 saturated carbocycles. The number of benzene rings is 11. The third-order valence-electron chi connectivity index (χ3n) is 9.51. The summed E-state index contributed by atoms with van der Waals surface area (Å²) in [6.45, 7) is 0. The Hall–Kier alpha value is -6.50. The number of hydrogen-bond acceptors (Lipinski definition) is 0. The van der Waals surface area contributed by atoms with E-state index < -0.39 is 96.7 Å². The lowest BCUT2D eigenvalue weighted by molar-refractivity contribution is 1.57. The van der Waals surface area contributed by atoms with Gasteiger partial charge < -0.3 is 0 Å². The van der Waals surface area contributed by atoms with Gasteiger partial charge in [-0.25, -0.2) is 0 Å². The summed E-state index contributed by atoms with van der Waals surface area (Å²) in [6, 6.07) is 13.0. The van der Waals surface area contributed by atoms with Crippen molar-refractivity contribution in [2.45, 2.75) is 0 Å². The summed E-state index contributed by atoms with van der Waals surface area (Å²) in [5.74, 6) is 0. The Morgan fingerprint density at radius 2 is 0.720 bits per heavy atom. The molecule has 0 nitrogen and oxygen atoms in total. The molecule has 0 heterocycles. The van der Waals surface area contributed by atoms with E-state index in [0.717, 1.165) is 0 Å². The lowest BCUT2D eigenvalue weighted by Gasteiger charge is -2.18. The molecule has 0 saturated heterocycles. The van der Waals surface area contributed by atoms with E-state index in [1.807, 2.05) is 42.5 Å². The fourth-order valence-corrected chi connectivity index (χ4v) is 7.17. The van der Waals surface area contributed by atoms with Gasteiger partial charge in [0, 0.05) is 0 Å². The second-order valence-corrected chi connectivity index (χ2v) is 12.2. The molecule has 0 aromatic heterocycles. The van der Waals surface area contributed by atoms with E-state index in [4.69, 9.17) is 16.4 Å². The predicted octanol–water partition coefficient (Wildman–Crippen LogP) is 14.1. The van der Waals surface area contributed by atoms with Crippen LogP contribution < -0.4 is 0 Å². The number of rotatable bonds is 4. The third kappa shape index (κ3) is 4.00. The first-order valence-electron chi connectivity index (χ1n) is 25.0. The first-order valence-corrected chi connectivity index (χ1v) is 16.0. The van der Waals surface area contributed by atoms with Gasteiger partial charge in [0.1, 0.15) is 0 Å². The lowest BCUT2D eigenvalue weighted by atomic mass is 9.86. The Balaban J connectivity index is 1.18. The predicted molar refractivity (Wildman–Crippen MR) is 216 cm³/mol. The van der Waals surface area contributed by atoms with Gasteiger partial charge in [0.2, 0.25) is 0 Å². The monoisotopic (exact) mass is 648 g/mol. The summed E-state index contributed by atoms with van der Waals surface area (Å²) in [7, 11) is 0. The average Bonchev–Trinajstić information content (AvgIpc) is 3.33. The molecule has 11 rings (SSSR count). The molecule has 50 heavy (non-hydrogen) atoms. The minimum absolute atomic E-state index is 0.0174. The lowest BCUT2D eigenvalue weighted by Crippen LogP contribution is -1.91. The first kappa shape index (κ1) is 15.4. The first-order chi connectivity index (χ1) is 32.3. The van der Waals surface area contributed by atoms with E-state index in [0.29, 0.717) is 33.4 Å². The van der Waals surface area contributed by atoms with Crippen molar-refractivity contribution in [3.63, 3.8) is 0 Å². The molecule has 0 aliphatic heterocycles. The van der Waals surface area contributed by atoms with Crippen LogP contribution in [0.5, 0.6) is 0 Å². The second-order valence-electron chi connectivity index (χ2n) is 12.2. The summed E-state index contributed by atoms with van der Waals surface area (Å²) in [6.07, 6.45) is 0. The van der Waals surface area contributed by atoms with Gasteiger partial charge in [0.15, 0.2) is 0 Å². The van der Waals surface area contributed by atoms with Gasteiger partial charge in [-0.15, -0.1) is 0 Å². The van der Waals surface area contributed by atoms with E-state index in [-0.39, 0.29) is 87.8 Å². The molecule has 0 heteroatoms. The molecule has 230 valence electrons. The molecule has 0 aliphatic rings. The highest BCUT2D eigenvalue weighted by atomic mass is 14.2. The van der Waals surface area contributed by atoms with E-state index in [1.54, 1.807) is 30.3 Å². The van der Waals surface area contributed by atoms with Crippen LogP contribution in [0, 0.1) is 0 Å². The zero-order valence-electron chi connectivity index (χ0n) is 43.9. The standard InChI is InChI=1S/C50H30/c1-2-6-32(7-3-1)42-26-24-40(30-46(42)43-27-21-39-19-17-35-9-5-11-37-23-29-45(43)50(39)48(35)37)31-12-14-33(15-13-31)41-25-20-38-18-16-34-8-4-10-36-22-28-44(41)49(38)47(34)36/h1-30H/i4D,5D,8D,9D,10D,11D,16D,17D,18D,19D,20D,21D,22D,23D,25D,27D,28D,29D. The van der Waals surface area contributed by atoms with Crippen molar-refractivity contribution in [1.82, 2.24) is 0 Å². The number of hydrogen-bond donors (Lipinski definition) is 0. The van der Waals surface area contributed by atoms with Crippen LogP contribution in [0.25, 0.3) is 109 Å². The molecule has 0 fully saturated rings. The van der Waals surface area contributed by atoms with Gasteiger partial charge in [0.25, 0.3) is 0 Å². The Morgan fingerprint density at radius 3 is 1.32 bits per heavy atom. The molecule has 11 aromatic carbocycles.